The van der Waals surface area contributed by atoms with Gasteiger partial charge in [-0.05, 0) is 26.7 Å². The molecule has 2 saturated heterocycles. The van der Waals surface area contributed by atoms with E-state index in [9.17, 15) is 9.59 Å². The smallest absolute Gasteiger partial charge is 0.309 e. The van der Waals surface area contributed by atoms with Crippen molar-refractivity contribution < 1.29 is 19.4 Å². The molecule has 0 aliphatic carbocycles. The van der Waals surface area contributed by atoms with E-state index in [1.165, 1.54) is 0 Å². The summed E-state index contributed by atoms with van der Waals surface area (Å²) < 4.78 is 5.65. The molecule has 96 valence electrons. The summed E-state index contributed by atoms with van der Waals surface area (Å²) in [6.45, 7) is 4.40. The van der Waals surface area contributed by atoms with E-state index in [-0.39, 0.29) is 24.5 Å². The van der Waals surface area contributed by atoms with Crippen molar-refractivity contribution in [3.05, 3.63) is 0 Å². The Hall–Kier alpha value is -1.10. The monoisotopic (exact) mass is 241 g/mol. The molecule has 5 heteroatoms. The summed E-state index contributed by atoms with van der Waals surface area (Å²) in [5.74, 6) is -1.00. The SMILES string of the molecule is CC(C)(CC(=O)N1CC2CCC(C1)O2)C(=O)O. The number of carboxylic acid groups (broad SMARTS) is 1. The van der Waals surface area contributed by atoms with Gasteiger partial charge in [-0.1, -0.05) is 0 Å². The molecule has 1 N–H and O–H groups in total. The fraction of sp³-hybridized carbons (Fsp3) is 0.833. The molecule has 2 fully saturated rings. The number of carboxylic acids is 1. The largest absolute Gasteiger partial charge is 0.481 e. The lowest BCUT2D eigenvalue weighted by Crippen LogP contribution is -2.47. The summed E-state index contributed by atoms with van der Waals surface area (Å²) in [5, 5.41) is 9.01. The van der Waals surface area contributed by atoms with Gasteiger partial charge >= 0.3 is 5.97 Å². The Balaban J connectivity index is 1.95. The minimum absolute atomic E-state index is 0.0573. The van der Waals surface area contributed by atoms with Crippen LogP contribution in [0.25, 0.3) is 0 Å². The molecular weight excluding hydrogens is 222 g/mol. The van der Waals surface area contributed by atoms with E-state index in [1.807, 2.05) is 0 Å². The molecule has 2 aliphatic rings. The maximum atomic E-state index is 12.0. The zero-order chi connectivity index (χ0) is 12.6. The predicted octanol–water partition coefficient (Wildman–Crippen LogP) is 0.877. The molecular formula is C12H19NO4. The lowest BCUT2D eigenvalue weighted by molar-refractivity contribution is -0.153. The summed E-state index contributed by atoms with van der Waals surface area (Å²) in [5.41, 5.74) is -0.992. The number of likely N-dealkylation sites (tertiary alicyclic amines) is 1. The zero-order valence-corrected chi connectivity index (χ0v) is 10.3. The Morgan fingerprint density at radius 2 is 1.82 bits per heavy atom. The molecule has 1 amide bonds. The number of aliphatic carboxylic acids is 1. The molecule has 2 aliphatic heterocycles. The average molecular weight is 241 g/mol. The number of carbonyl (C=O) groups is 2. The second-order valence-electron chi connectivity index (χ2n) is 5.62. The summed E-state index contributed by atoms with van der Waals surface area (Å²) in [7, 11) is 0. The maximum absolute atomic E-state index is 12.0. The minimum atomic E-state index is -0.992. The number of nitrogens with zero attached hydrogens (tertiary/aromatic N) is 1. The van der Waals surface area contributed by atoms with Crippen LogP contribution in [0.15, 0.2) is 0 Å². The van der Waals surface area contributed by atoms with Crippen molar-refractivity contribution >= 4 is 11.9 Å². The van der Waals surface area contributed by atoms with E-state index in [0.717, 1.165) is 12.8 Å². The lowest BCUT2D eigenvalue weighted by Gasteiger charge is -2.33. The van der Waals surface area contributed by atoms with Gasteiger partial charge in [0, 0.05) is 19.5 Å². The van der Waals surface area contributed by atoms with E-state index < -0.39 is 11.4 Å². The van der Waals surface area contributed by atoms with Gasteiger partial charge in [0.05, 0.1) is 17.6 Å². The normalized spacial score (nSPS) is 28.2. The molecule has 2 atom stereocenters. The highest BCUT2D eigenvalue weighted by Gasteiger charge is 2.38. The number of fused-ring (bicyclic) bond motifs is 2. The van der Waals surface area contributed by atoms with Gasteiger partial charge in [-0.25, -0.2) is 0 Å². The van der Waals surface area contributed by atoms with Crippen LogP contribution in [-0.2, 0) is 14.3 Å². The minimum Gasteiger partial charge on any atom is -0.481 e. The molecule has 0 spiro atoms. The number of rotatable bonds is 3. The fourth-order valence-electron chi connectivity index (χ4n) is 2.38. The predicted molar refractivity (Wildman–Crippen MR) is 60.5 cm³/mol. The Labute approximate surface area is 101 Å². The van der Waals surface area contributed by atoms with Crippen LogP contribution in [0.4, 0.5) is 0 Å². The highest BCUT2D eigenvalue weighted by Crippen LogP contribution is 2.28. The van der Waals surface area contributed by atoms with E-state index in [1.54, 1.807) is 18.7 Å². The Morgan fingerprint density at radius 3 is 2.29 bits per heavy atom. The van der Waals surface area contributed by atoms with E-state index >= 15 is 0 Å². The van der Waals surface area contributed by atoms with Crippen molar-refractivity contribution in [2.45, 2.75) is 45.3 Å². The first-order valence-corrected chi connectivity index (χ1v) is 6.05. The molecule has 2 bridgehead atoms. The molecule has 2 heterocycles. The second kappa shape index (κ2) is 4.29. The van der Waals surface area contributed by atoms with Gasteiger partial charge in [0.1, 0.15) is 0 Å². The average Bonchev–Trinajstić information content (AvgIpc) is 2.56. The van der Waals surface area contributed by atoms with E-state index in [0.29, 0.717) is 13.1 Å². The number of carbonyl (C=O) groups excluding carboxylic acids is 1. The van der Waals surface area contributed by atoms with Gasteiger partial charge in [0.2, 0.25) is 5.91 Å². The third-order valence-electron chi connectivity index (χ3n) is 3.57. The van der Waals surface area contributed by atoms with Crippen molar-refractivity contribution in [1.82, 2.24) is 4.90 Å². The molecule has 0 aromatic rings. The van der Waals surface area contributed by atoms with Gasteiger partial charge in [0.25, 0.3) is 0 Å². The quantitative estimate of drug-likeness (QED) is 0.796. The standard InChI is InChI=1S/C12H19NO4/c1-12(2,11(15)16)5-10(14)13-6-8-3-4-9(7-13)17-8/h8-9H,3-7H2,1-2H3,(H,15,16). The Morgan fingerprint density at radius 1 is 1.29 bits per heavy atom. The molecule has 17 heavy (non-hydrogen) atoms. The lowest BCUT2D eigenvalue weighted by atomic mass is 9.89. The topological polar surface area (TPSA) is 66.8 Å². The van der Waals surface area contributed by atoms with Crippen LogP contribution in [0.5, 0.6) is 0 Å². The summed E-state index contributed by atoms with van der Waals surface area (Å²) in [4.78, 5) is 24.8. The van der Waals surface area contributed by atoms with Gasteiger partial charge in [-0.3, -0.25) is 9.59 Å². The number of morpholine rings is 1. The van der Waals surface area contributed by atoms with Crippen LogP contribution in [-0.4, -0.2) is 47.2 Å². The Bertz CT molecular complexity index is 327. The van der Waals surface area contributed by atoms with Crippen LogP contribution in [0.3, 0.4) is 0 Å². The number of hydrogen-bond acceptors (Lipinski definition) is 3. The number of ether oxygens (including phenoxy) is 1. The number of amides is 1. The van der Waals surface area contributed by atoms with Crippen LogP contribution in [0.1, 0.15) is 33.1 Å². The molecule has 0 saturated carbocycles. The van der Waals surface area contributed by atoms with Crippen LogP contribution in [0.2, 0.25) is 0 Å². The van der Waals surface area contributed by atoms with Crippen molar-refractivity contribution in [2.24, 2.45) is 5.41 Å². The molecule has 0 radical (unpaired) electrons. The first kappa shape index (κ1) is 12.4. The van der Waals surface area contributed by atoms with E-state index in [2.05, 4.69) is 0 Å². The summed E-state index contributed by atoms with van der Waals surface area (Å²) in [6.07, 6.45) is 2.39. The second-order valence-corrected chi connectivity index (χ2v) is 5.62. The van der Waals surface area contributed by atoms with Crippen molar-refractivity contribution in [1.29, 1.82) is 0 Å². The third kappa shape index (κ3) is 2.60. The first-order chi connectivity index (χ1) is 7.88. The van der Waals surface area contributed by atoms with Crippen LogP contribution >= 0.6 is 0 Å². The van der Waals surface area contributed by atoms with Gasteiger partial charge < -0.3 is 14.7 Å². The molecule has 0 aromatic carbocycles. The molecule has 5 nitrogen and oxygen atoms in total. The van der Waals surface area contributed by atoms with E-state index in [4.69, 9.17) is 9.84 Å². The highest BCUT2D eigenvalue weighted by molar-refractivity contribution is 5.84. The van der Waals surface area contributed by atoms with Gasteiger partial charge in [-0.15, -0.1) is 0 Å². The van der Waals surface area contributed by atoms with Crippen molar-refractivity contribution in [3.8, 4) is 0 Å². The molecule has 2 rings (SSSR count). The maximum Gasteiger partial charge on any atom is 0.309 e. The Kier molecular flexibility index (Phi) is 3.12. The summed E-state index contributed by atoms with van der Waals surface area (Å²) in [6, 6.07) is 0. The van der Waals surface area contributed by atoms with Gasteiger partial charge in [0.15, 0.2) is 0 Å². The first-order valence-electron chi connectivity index (χ1n) is 6.05. The molecule has 0 aromatic heterocycles. The summed E-state index contributed by atoms with van der Waals surface area (Å²) >= 11 is 0. The van der Waals surface area contributed by atoms with Gasteiger partial charge in [-0.2, -0.15) is 0 Å². The van der Waals surface area contributed by atoms with Crippen LogP contribution in [0, 0.1) is 5.41 Å². The van der Waals surface area contributed by atoms with Crippen molar-refractivity contribution in [2.75, 3.05) is 13.1 Å². The number of hydrogen-bond donors (Lipinski definition) is 1. The van der Waals surface area contributed by atoms with Crippen molar-refractivity contribution in [3.63, 3.8) is 0 Å². The fourth-order valence-corrected chi connectivity index (χ4v) is 2.38. The third-order valence-corrected chi connectivity index (χ3v) is 3.57. The zero-order valence-electron chi connectivity index (χ0n) is 10.3. The molecule has 2 unspecified atom stereocenters. The highest BCUT2D eigenvalue weighted by atomic mass is 16.5. The van der Waals surface area contributed by atoms with Crippen LogP contribution < -0.4 is 0 Å².